The molecule has 1 saturated heterocycles. The van der Waals surface area contributed by atoms with Gasteiger partial charge in [0.25, 0.3) is 5.56 Å². The Kier molecular flexibility index (Phi) is 6.55. The molecule has 0 aliphatic carbocycles. The van der Waals surface area contributed by atoms with E-state index in [1.807, 2.05) is 0 Å². The fourth-order valence-electron chi connectivity index (χ4n) is 3.62. The largest absolute Gasteiger partial charge is 0.463 e. The van der Waals surface area contributed by atoms with Crippen LogP contribution in [0, 0.1) is 11.6 Å². The molecule has 1 N–H and O–H groups in total. The van der Waals surface area contributed by atoms with Crippen molar-refractivity contribution in [1.29, 1.82) is 0 Å². The van der Waals surface area contributed by atoms with Crippen molar-refractivity contribution in [3.05, 3.63) is 63.1 Å². The summed E-state index contributed by atoms with van der Waals surface area (Å²) in [5.74, 6) is -2.81. The highest BCUT2D eigenvalue weighted by Crippen LogP contribution is 2.31. The van der Waals surface area contributed by atoms with Crippen molar-refractivity contribution in [3.8, 4) is 16.9 Å². The zero-order chi connectivity index (χ0) is 25.3. The number of nitrogens with one attached hydrogen (secondary N) is 1. The normalized spacial score (nSPS) is 19.5. The fourth-order valence-corrected chi connectivity index (χ4v) is 3.62. The van der Waals surface area contributed by atoms with E-state index in [1.165, 1.54) is 26.2 Å². The number of aromatic amines is 1. The maximum Gasteiger partial charge on any atom is 0.330 e. The minimum absolute atomic E-state index is 0.00988. The van der Waals surface area contributed by atoms with Crippen LogP contribution in [0.3, 0.4) is 0 Å². The third-order valence-corrected chi connectivity index (χ3v) is 5.11. The molecule has 2 aromatic heterocycles. The molecule has 14 heteroatoms. The zero-order valence-corrected chi connectivity index (χ0v) is 18.4. The van der Waals surface area contributed by atoms with Crippen LogP contribution in [0.5, 0.6) is 0 Å². The first-order valence-electron chi connectivity index (χ1n) is 10.3. The Morgan fingerprint density at radius 3 is 2.51 bits per heavy atom. The van der Waals surface area contributed by atoms with Gasteiger partial charge in [-0.25, -0.2) is 18.3 Å². The van der Waals surface area contributed by atoms with Crippen LogP contribution in [0.2, 0.25) is 0 Å². The average molecular weight is 491 g/mol. The summed E-state index contributed by atoms with van der Waals surface area (Å²) in [5.41, 5.74) is -1.63. The number of rotatable bonds is 6. The number of H-pyrrole nitrogens is 1. The second-order valence-corrected chi connectivity index (χ2v) is 7.70. The molecule has 1 aliphatic heterocycles. The number of nitrogens with zero attached hydrogens (tertiary/aromatic N) is 4. The van der Waals surface area contributed by atoms with Crippen LogP contribution in [-0.2, 0) is 23.8 Å². The highest BCUT2D eigenvalue weighted by Gasteiger charge is 2.40. The molecular formula is C21H19F2N5O7. The third kappa shape index (κ3) is 5.32. The van der Waals surface area contributed by atoms with Crippen molar-refractivity contribution in [2.75, 3.05) is 6.61 Å². The first-order valence-corrected chi connectivity index (χ1v) is 10.3. The van der Waals surface area contributed by atoms with E-state index in [4.69, 9.17) is 14.2 Å². The minimum Gasteiger partial charge on any atom is -0.463 e. The molecule has 3 aromatic rings. The molecule has 4 rings (SSSR count). The van der Waals surface area contributed by atoms with E-state index in [0.717, 1.165) is 21.4 Å². The first kappa shape index (κ1) is 23.9. The quantitative estimate of drug-likeness (QED) is 0.496. The summed E-state index contributed by atoms with van der Waals surface area (Å²) in [4.78, 5) is 49.8. The Morgan fingerprint density at radius 1 is 1.14 bits per heavy atom. The highest BCUT2D eigenvalue weighted by molar-refractivity contribution is 5.66. The number of hydrogen-bond acceptors (Lipinski definition) is 9. The van der Waals surface area contributed by atoms with Gasteiger partial charge in [-0.3, -0.25) is 23.9 Å². The summed E-state index contributed by atoms with van der Waals surface area (Å²) in [6, 6.07) is 2.75. The van der Waals surface area contributed by atoms with E-state index in [0.29, 0.717) is 6.07 Å². The van der Waals surface area contributed by atoms with Crippen LogP contribution < -0.4 is 11.2 Å². The monoisotopic (exact) mass is 491 g/mol. The van der Waals surface area contributed by atoms with Crippen LogP contribution in [0.25, 0.3) is 16.9 Å². The van der Waals surface area contributed by atoms with E-state index >= 15 is 0 Å². The van der Waals surface area contributed by atoms with E-state index < -0.39 is 53.3 Å². The number of aromatic nitrogens is 5. The van der Waals surface area contributed by atoms with Gasteiger partial charge < -0.3 is 14.2 Å². The van der Waals surface area contributed by atoms with Crippen molar-refractivity contribution < 1.29 is 32.6 Å². The Labute approximate surface area is 195 Å². The summed E-state index contributed by atoms with van der Waals surface area (Å²) in [7, 11) is 0. The smallest absolute Gasteiger partial charge is 0.330 e. The number of hydrogen-bond donors (Lipinski definition) is 1. The SMILES string of the molecule is CC(=O)OC[C@H]1O[C@@H](n2cc(-c3cn(-c4cc(F)cc(F)c4)nn3)c(=O)[nH]c2=O)C[C@@H]1OC(C)=O. The minimum atomic E-state index is -0.977. The fraction of sp³-hybridized carbons (Fsp3) is 0.333. The topological polar surface area (TPSA) is 147 Å². The van der Waals surface area contributed by atoms with Crippen molar-refractivity contribution >= 4 is 11.9 Å². The molecule has 0 spiro atoms. The van der Waals surface area contributed by atoms with Gasteiger partial charge in [0.2, 0.25) is 0 Å². The molecule has 184 valence electrons. The van der Waals surface area contributed by atoms with Crippen molar-refractivity contribution in [1.82, 2.24) is 24.5 Å². The Balaban J connectivity index is 1.65. The summed E-state index contributed by atoms with van der Waals surface area (Å²) >= 11 is 0. The number of carbonyl (C=O) groups is 2. The lowest BCUT2D eigenvalue weighted by atomic mass is 10.2. The third-order valence-electron chi connectivity index (χ3n) is 5.11. The summed E-state index contributed by atoms with van der Waals surface area (Å²) in [6.45, 7) is 2.19. The van der Waals surface area contributed by atoms with E-state index in [2.05, 4.69) is 15.3 Å². The van der Waals surface area contributed by atoms with Crippen LogP contribution in [0.4, 0.5) is 8.78 Å². The van der Waals surface area contributed by atoms with E-state index in [1.54, 1.807) is 0 Å². The van der Waals surface area contributed by atoms with Gasteiger partial charge in [0.1, 0.15) is 42.4 Å². The first-order chi connectivity index (χ1) is 16.6. The predicted octanol–water partition coefficient (Wildman–Crippen LogP) is 0.845. The van der Waals surface area contributed by atoms with Crippen LogP contribution in [0.1, 0.15) is 26.5 Å². The van der Waals surface area contributed by atoms with Crippen molar-refractivity contribution in [3.63, 3.8) is 0 Å². The Bertz CT molecular complexity index is 1380. The lowest BCUT2D eigenvalue weighted by molar-refractivity contribution is -0.155. The van der Waals surface area contributed by atoms with Crippen molar-refractivity contribution in [2.45, 2.75) is 38.7 Å². The van der Waals surface area contributed by atoms with Gasteiger partial charge in [0, 0.05) is 32.5 Å². The molecule has 0 bridgehead atoms. The second-order valence-electron chi connectivity index (χ2n) is 7.70. The molecule has 3 atom stereocenters. The summed E-state index contributed by atoms with van der Waals surface area (Å²) < 4.78 is 45.2. The number of benzene rings is 1. The summed E-state index contributed by atoms with van der Waals surface area (Å²) in [6.07, 6.45) is -0.164. The Hall–Kier alpha value is -4.20. The van der Waals surface area contributed by atoms with Gasteiger partial charge in [0.15, 0.2) is 0 Å². The average Bonchev–Trinajstić information content (AvgIpc) is 3.39. The number of carbonyl (C=O) groups excluding carboxylic acids is 2. The summed E-state index contributed by atoms with van der Waals surface area (Å²) in [5, 5.41) is 7.65. The molecule has 3 heterocycles. The molecule has 1 fully saturated rings. The second kappa shape index (κ2) is 9.58. The number of halogens is 2. The zero-order valence-electron chi connectivity index (χ0n) is 18.4. The molecule has 1 aromatic carbocycles. The number of ether oxygens (including phenoxy) is 3. The van der Waals surface area contributed by atoms with Crippen molar-refractivity contribution in [2.24, 2.45) is 0 Å². The molecule has 12 nitrogen and oxygen atoms in total. The lowest BCUT2D eigenvalue weighted by Crippen LogP contribution is -2.33. The van der Waals surface area contributed by atoms with Gasteiger partial charge in [-0.1, -0.05) is 5.21 Å². The van der Waals surface area contributed by atoms with Gasteiger partial charge in [-0.2, -0.15) is 0 Å². The molecular weight excluding hydrogens is 472 g/mol. The molecule has 0 saturated carbocycles. The predicted molar refractivity (Wildman–Crippen MR) is 112 cm³/mol. The van der Waals surface area contributed by atoms with E-state index in [9.17, 15) is 28.0 Å². The molecule has 0 amide bonds. The number of esters is 2. The highest BCUT2D eigenvalue weighted by atomic mass is 19.1. The van der Waals surface area contributed by atoms with Gasteiger partial charge in [-0.05, 0) is 12.1 Å². The van der Waals surface area contributed by atoms with Gasteiger partial charge >= 0.3 is 17.6 Å². The van der Waals surface area contributed by atoms with Crippen LogP contribution >= 0.6 is 0 Å². The lowest BCUT2D eigenvalue weighted by Gasteiger charge is -2.17. The standard InChI is InChI=1S/C21H19F2N5O7/c1-10(29)33-9-18-17(34-11(2)30)6-19(35-18)27-7-15(20(31)24-21(27)32)16-8-28(26-25-16)14-4-12(22)3-13(23)5-14/h3-5,7-8,17-19H,6,9H2,1-2H3,(H,24,31,32)/t17-,18+,19+/m0/s1. The van der Waals surface area contributed by atoms with E-state index in [-0.39, 0.29) is 30.0 Å². The Morgan fingerprint density at radius 2 is 1.86 bits per heavy atom. The molecule has 1 aliphatic rings. The maximum absolute atomic E-state index is 13.6. The molecule has 0 unspecified atom stereocenters. The maximum atomic E-state index is 13.6. The van der Waals surface area contributed by atoms with Crippen LogP contribution in [-0.4, -0.2) is 55.3 Å². The van der Waals surface area contributed by atoms with Gasteiger partial charge in [0.05, 0.1) is 17.4 Å². The molecule has 0 radical (unpaired) electrons. The van der Waals surface area contributed by atoms with Gasteiger partial charge in [-0.15, -0.1) is 5.10 Å². The van der Waals surface area contributed by atoms with Crippen LogP contribution in [0.15, 0.2) is 40.2 Å². The molecule has 35 heavy (non-hydrogen) atoms.